The van der Waals surface area contributed by atoms with Crippen LogP contribution in [0.3, 0.4) is 0 Å². The molecule has 2 nitrogen and oxygen atoms in total. The molecule has 5 heteroatoms. The van der Waals surface area contributed by atoms with E-state index in [4.69, 9.17) is 0 Å². The Hall–Kier alpha value is -1.52. The summed E-state index contributed by atoms with van der Waals surface area (Å²) in [4.78, 5) is 0. The fraction of sp³-hybridized carbons (Fsp3) is 0.462. The molecule has 2 unspecified atom stereocenters. The standard InChI is InChI=1S/C13H15F3N2/c14-13(15,16)7-6-12(11-8-17-18-9-11)10-4-2-1-3-5-10/h1-5,8,11-12,18H,6-7,9H2. The minimum absolute atomic E-state index is 0.0368. The van der Waals surface area contributed by atoms with Crippen molar-refractivity contribution in [3.8, 4) is 0 Å². The van der Waals surface area contributed by atoms with E-state index < -0.39 is 12.6 Å². The van der Waals surface area contributed by atoms with Crippen molar-refractivity contribution in [1.82, 2.24) is 5.43 Å². The lowest BCUT2D eigenvalue weighted by molar-refractivity contribution is -0.136. The third-order valence-electron chi connectivity index (χ3n) is 3.17. The van der Waals surface area contributed by atoms with Gasteiger partial charge in [0.15, 0.2) is 0 Å². The Morgan fingerprint density at radius 2 is 2.00 bits per heavy atom. The number of rotatable bonds is 4. The van der Waals surface area contributed by atoms with Gasteiger partial charge in [0.25, 0.3) is 0 Å². The smallest absolute Gasteiger partial charge is 0.310 e. The summed E-state index contributed by atoms with van der Waals surface area (Å²) >= 11 is 0. The maximum atomic E-state index is 12.4. The second-order valence-corrected chi connectivity index (χ2v) is 4.48. The number of nitrogens with zero attached hydrogens (tertiary/aromatic N) is 1. The minimum atomic E-state index is -4.10. The number of alkyl halides is 3. The van der Waals surface area contributed by atoms with Gasteiger partial charge in [-0.15, -0.1) is 0 Å². The van der Waals surface area contributed by atoms with Crippen molar-refractivity contribution in [2.24, 2.45) is 11.0 Å². The molecule has 0 bridgehead atoms. The molecule has 0 saturated carbocycles. The van der Waals surface area contributed by atoms with Crippen LogP contribution in [0.2, 0.25) is 0 Å². The molecule has 1 N–H and O–H groups in total. The van der Waals surface area contributed by atoms with Gasteiger partial charge in [-0.1, -0.05) is 30.3 Å². The summed E-state index contributed by atoms with van der Waals surface area (Å²) in [7, 11) is 0. The van der Waals surface area contributed by atoms with Crippen LogP contribution in [0.5, 0.6) is 0 Å². The highest BCUT2D eigenvalue weighted by Crippen LogP contribution is 2.33. The van der Waals surface area contributed by atoms with E-state index in [0.29, 0.717) is 6.54 Å². The monoisotopic (exact) mass is 256 g/mol. The van der Waals surface area contributed by atoms with Gasteiger partial charge in [-0.05, 0) is 17.9 Å². The van der Waals surface area contributed by atoms with Crippen molar-refractivity contribution >= 4 is 6.21 Å². The maximum absolute atomic E-state index is 12.4. The summed E-state index contributed by atoms with van der Waals surface area (Å²) in [6, 6.07) is 9.34. The van der Waals surface area contributed by atoms with Crippen LogP contribution in [0.25, 0.3) is 0 Å². The highest BCUT2D eigenvalue weighted by atomic mass is 19.4. The zero-order valence-corrected chi connectivity index (χ0v) is 9.82. The molecule has 0 fully saturated rings. The van der Waals surface area contributed by atoms with Gasteiger partial charge in [0, 0.05) is 25.1 Å². The van der Waals surface area contributed by atoms with Crippen LogP contribution in [-0.2, 0) is 0 Å². The molecule has 0 saturated heterocycles. The lowest BCUT2D eigenvalue weighted by Gasteiger charge is -2.22. The number of hydrogen-bond donors (Lipinski definition) is 1. The Labute approximate surface area is 104 Å². The largest absolute Gasteiger partial charge is 0.389 e. The Bertz CT molecular complexity index is 400. The van der Waals surface area contributed by atoms with E-state index >= 15 is 0 Å². The highest BCUT2D eigenvalue weighted by molar-refractivity contribution is 5.64. The lowest BCUT2D eigenvalue weighted by atomic mass is 9.83. The van der Waals surface area contributed by atoms with Crippen molar-refractivity contribution in [1.29, 1.82) is 0 Å². The lowest BCUT2D eigenvalue weighted by Crippen LogP contribution is -2.21. The Morgan fingerprint density at radius 3 is 2.56 bits per heavy atom. The van der Waals surface area contributed by atoms with Crippen LogP contribution < -0.4 is 5.43 Å². The van der Waals surface area contributed by atoms with Crippen molar-refractivity contribution in [2.75, 3.05) is 6.54 Å². The molecule has 0 aliphatic carbocycles. The zero-order valence-electron chi connectivity index (χ0n) is 9.82. The van der Waals surface area contributed by atoms with Crippen LogP contribution in [0.4, 0.5) is 13.2 Å². The van der Waals surface area contributed by atoms with Crippen molar-refractivity contribution in [3.63, 3.8) is 0 Å². The highest BCUT2D eigenvalue weighted by Gasteiger charge is 2.32. The van der Waals surface area contributed by atoms with Gasteiger partial charge in [0.05, 0.1) is 0 Å². The molecule has 18 heavy (non-hydrogen) atoms. The normalized spacial score (nSPS) is 20.7. The van der Waals surface area contributed by atoms with Gasteiger partial charge in [0.1, 0.15) is 0 Å². The van der Waals surface area contributed by atoms with Gasteiger partial charge in [-0.2, -0.15) is 18.3 Å². The first kappa shape index (κ1) is 12.9. The van der Waals surface area contributed by atoms with E-state index in [1.807, 2.05) is 30.3 Å². The Balaban J connectivity index is 2.10. The van der Waals surface area contributed by atoms with E-state index in [-0.39, 0.29) is 18.3 Å². The van der Waals surface area contributed by atoms with Gasteiger partial charge < -0.3 is 5.43 Å². The van der Waals surface area contributed by atoms with Crippen LogP contribution >= 0.6 is 0 Å². The van der Waals surface area contributed by atoms with E-state index in [2.05, 4.69) is 10.5 Å². The average molecular weight is 256 g/mol. The van der Waals surface area contributed by atoms with Crippen LogP contribution in [0.1, 0.15) is 24.3 Å². The van der Waals surface area contributed by atoms with Gasteiger partial charge in [-0.25, -0.2) is 0 Å². The van der Waals surface area contributed by atoms with E-state index in [1.165, 1.54) is 0 Å². The van der Waals surface area contributed by atoms with Crippen molar-refractivity contribution < 1.29 is 13.2 Å². The van der Waals surface area contributed by atoms with Crippen molar-refractivity contribution in [2.45, 2.75) is 24.9 Å². The Morgan fingerprint density at radius 1 is 1.28 bits per heavy atom. The first-order chi connectivity index (χ1) is 8.56. The van der Waals surface area contributed by atoms with Crippen LogP contribution in [0, 0.1) is 5.92 Å². The molecule has 0 radical (unpaired) electrons. The second-order valence-electron chi connectivity index (χ2n) is 4.48. The maximum Gasteiger partial charge on any atom is 0.389 e. The third-order valence-corrected chi connectivity index (χ3v) is 3.17. The number of nitrogens with one attached hydrogen (secondary N) is 1. The number of halogens is 3. The predicted octanol–water partition coefficient (Wildman–Crippen LogP) is 3.32. The second kappa shape index (κ2) is 5.42. The molecule has 1 aliphatic rings. The third kappa shape index (κ3) is 3.48. The van der Waals surface area contributed by atoms with E-state index in [0.717, 1.165) is 5.56 Å². The van der Waals surface area contributed by atoms with Crippen LogP contribution in [-0.4, -0.2) is 18.9 Å². The van der Waals surface area contributed by atoms with E-state index in [9.17, 15) is 13.2 Å². The van der Waals surface area contributed by atoms with Crippen LogP contribution in [0.15, 0.2) is 35.4 Å². The number of hydrogen-bond acceptors (Lipinski definition) is 2. The van der Waals surface area contributed by atoms with Gasteiger partial charge >= 0.3 is 6.18 Å². The van der Waals surface area contributed by atoms with Crippen molar-refractivity contribution in [3.05, 3.63) is 35.9 Å². The molecule has 1 aromatic carbocycles. The summed E-state index contributed by atoms with van der Waals surface area (Å²) in [5.74, 6) is -0.0960. The Kier molecular flexibility index (Phi) is 3.89. The fourth-order valence-electron chi connectivity index (χ4n) is 2.25. The summed E-state index contributed by atoms with van der Waals surface area (Å²) in [5.41, 5.74) is 3.75. The topological polar surface area (TPSA) is 24.4 Å². The molecular weight excluding hydrogens is 241 g/mol. The molecule has 0 spiro atoms. The first-order valence-corrected chi connectivity index (χ1v) is 5.94. The SMILES string of the molecule is FC(F)(F)CCC(c1ccccc1)C1C=NNC1. The molecule has 2 atom stereocenters. The molecule has 1 heterocycles. The predicted molar refractivity (Wildman–Crippen MR) is 64.5 cm³/mol. The summed E-state index contributed by atoms with van der Waals surface area (Å²) in [6.45, 7) is 0.609. The molecular formula is C13H15F3N2. The molecule has 98 valence electrons. The van der Waals surface area contributed by atoms with Gasteiger partial charge in [0.2, 0.25) is 0 Å². The average Bonchev–Trinajstić information content (AvgIpc) is 2.83. The van der Waals surface area contributed by atoms with E-state index in [1.54, 1.807) is 6.21 Å². The summed E-state index contributed by atoms with van der Waals surface area (Å²) in [5, 5.41) is 3.90. The fourth-order valence-corrected chi connectivity index (χ4v) is 2.25. The first-order valence-electron chi connectivity index (χ1n) is 5.94. The minimum Gasteiger partial charge on any atom is -0.310 e. The molecule has 0 amide bonds. The molecule has 2 rings (SSSR count). The number of benzene rings is 1. The quantitative estimate of drug-likeness (QED) is 0.878. The zero-order chi connectivity index (χ0) is 13.0. The molecule has 0 aromatic heterocycles. The molecule has 1 aromatic rings. The summed E-state index contributed by atoms with van der Waals surface area (Å²) in [6.07, 6.45) is -3.03. The molecule has 1 aliphatic heterocycles. The number of hydrazone groups is 1. The van der Waals surface area contributed by atoms with Gasteiger partial charge in [-0.3, -0.25) is 0 Å². The summed E-state index contributed by atoms with van der Waals surface area (Å²) < 4.78 is 37.1.